The number of nitrogens with zero attached hydrogens (tertiary/aromatic N) is 1. The van der Waals surface area contributed by atoms with Gasteiger partial charge in [-0.1, -0.05) is 57.2 Å². The van der Waals surface area contributed by atoms with Crippen LogP contribution in [-0.4, -0.2) is 13.0 Å². The number of hydrogen-bond donors (Lipinski definition) is 1. The lowest BCUT2D eigenvalue weighted by atomic mass is 9.87. The van der Waals surface area contributed by atoms with E-state index in [1.54, 1.807) is 12.0 Å². The first-order chi connectivity index (χ1) is 14.3. The number of halogens is 1. The number of hydrogen-bond acceptors (Lipinski definition) is 3. The fraction of sp³-hybridized carbons (Fsp3) is 0.240. The van der Waals surface area contributed by atoms with Gasteiger partial charge in [-0.25, -0.2) is 0 Å². The third-order valence-electron chi connectivity index (χ3n) is 5.43. The van der Waals surface area contributed by atoms with Crippen LogP contribution in [0, 0.1) is 0 Å². The van der Waals surface area contributed by atoms with Gasteiger partial charge in [-0.3, -0.25) is 9.69 Å². The van der Waals surface area contributed by atoms with E-state index in [1.165, 1.54) is 5.56 Å². The first-order valence-electron chi connectivity index (χ1n) is 9.93. The van der Waals surface area contributed by atoms with E-state index in [0.717, 1.165) is 21.4 Å². The van der Waals surface area contributed by atoms with Crippen LogP contribution in [0.25, 0.3) is 0 Å². The number of carbonyl (C=O) groups is 1. The highest BCUT2D eigenvalue weighted by Crippen LogP contribution is 2.42. The number of ether oxygens (including phenoxy) is 1. The van der Waals surface area contributed by atoms with Gasteiger partial charge in [-0.15, -0.1) is 0 Å². The SMILES string of the molecule is COc1c(Br)cccc1C1Nc2ccccc2C(=O)N1c1ccc(C(C)(C)C)cc1. The Labute approximate surface area is 186 Å². The predicted octanol–water partition coefficient (Wildman–Crippen LogP) is 6.53. The molecule has 0 fully saturated rings. The van der Waals surface area contributed by atoms with Crippen LogP contribution in [0.15, 0.2) is 71.2 Å². The average Bonchev–Trinajstić information content (AvgIpc) is 2.73. The first-order valence-corrected chi connectivity index (χ1v) is 10.7. The summed E-state index contributed by atoms with van der Waals surface area (Å²) in [6, 6.07) is 21.7. The Hall–Kier alpha value is -2.79. The van der Waals surface area contributed by atoms with Crippen LogP contribution < -0.4 is 15.0 Å². The molecule has 4 rings (SSSR count). The number of fused-ring (bicyclic) bond motifs is 1. The van der Waals surface area contributed by atoms with Crippen molar-refractivity contribution in [2.24, 2.45) is 0 Å². The van der Waals surface area contributed by atoms with Gasteiger partial charge in [0, 0.05) is 16.9 Å². The molecule has 0 saturated carbocycles. The Morgan fingerprint density at radius 1 is 0.967 bits per heavy atom. The Bertz CT molecular complexity index is 1090. The molecule has 0 radical (unpaired) electrons. The second-order valence-electron chi connectivity index (χ2n) is 8.43. The molecule has 5 heteroatoms. The van der Waals surface area contributed by atoms with E-state index in [1.807, 2.05) is 54.6 Å². The number of para-hydroxylation sites is 2. The lowest BCUT2D eigenvalue weighted by Gasteiger charge is -2.39. The fourth-order valence-electron chi connectivity index (χ4n) is 3.82. The van der Waals surface area contributed by atoms with Crippen molar-refractivity contribution in [3.63, 3.8) is 0 Å². The van der Waals surface area contributed by atoms with Gasteiger partial charge in [0.15, 0.2) is 0 Å². The van der Waals surface area contributed by atoms with Crippen LogP contribution in [0.5, 0.6) is 5.75 Å². The summed E-state index contributed by atoms with van der Waals surface area (Å²) in [5.41, 5.74) is 4.46. The molecular weight excluding hydrogens is 440 g/mol. The molecule has 1 aliphatic heterocycles. The molecule has 0 aliphatic carbocycles. The van der Waals surface area contributed by atoms with Crippen LogP contribution >= 0.6 is 15.9 Å². The average molecular weight is 465 g/mol. The highest BCUT2D eigenvalue weighted by molar-refractivity contribution is 9.10. The van der Waals surface area contributed by atoms with Crippen LogP contribution in [0.3, 0.4) is 0 Å². The smallest absolute Gasteiger partial charge is 0.262 e. The minimum Gasteiger partial charge on any atom is -0.495 e. The van der Waals surface area contributed by atoms with E-state index in [-0.39, 0.29) is 11.3 Å². The zero-order valence-electron chi connectivity index (χ0n) is 17.6. The molecule has 4 nitrogen and oxygen atoms in total. The summed E-state index contributed by atoms with van der Waals surface area (Å²) in [6.45, 7) is 6.54. The van der Waals surface area contributed by atoms with E-state index in [2.05, 4.69) is 54.2 Å². The maximum atomic E-state index is 13.6. The highest BCUT2D eigenvalue weighted by atomic mass is 79.9. The summed E-state index contributed by atoms with van der Waals surface area (Å²) < 4.78 is 6.52. The minimum absolute atomic E-state index is 0.0418. The Kier molecular flexibility index (Phi) is 5.33. The van der Waals surface area contributed by atoms with Gasteiger partial charge < -0.3 is 10.1 Å². The van der Waals surface area contributed by atoms with Crippen LogP contribution in [0.2, 0.25) is 0 Å². The molecule has 1 atom stereocenters. The molecular formula is C25H25BrN2O2. The summed E-state index contributed by atoms with van der Waals surface area (Å²) in [5.74, 6) is 0.665. The maximum Gasteiger partial charge on any atom is 0.262 e. The molecule has 1 aliphatic rings. The summed E-state index contributed by atoms with van der Waals surface area (Å²) in [5, 5.41) is 3.54. The van der Waals surface area contributed by atoms with Crippen molar-refractivity contribution in [3.05, 3.63) is 87.9 Å². The van der Waals surface area contributed by atoms with E-state index in [4.69, 9.17) is 4.74 Å². The van der Waals surface area contributed by atoms with Crippen molar-refractivity contribution in [3.8, 4) is 5.75 Å². The Balaban J connectivity index is 1.87. The van der Waals surface area contributed by atoms with E-state index in [0.29, 0.717) is 11.3 Å². The third kappa shape index (κ3) is 3.58. The van der Waals surface area contributed by atoms with Gasteiger partial charge in [0.1, 0.15) is 11.9 Å². The number of benzene rings is 3. The number of anilines is 2. The van der Waals surface area contributed by atoms with E-state index >= 15 is 0 Å². The summed E-state index contributed by atoms with van der Waals surface area (Å²) in [7, 11) is 1.64. The van der Waals surface area contributed by atoms with Crippen molar-refractivity contribution in [1.29, 1.82) is 0 Å². The molecule has 0 aromatic heterocycles. The van der Waals surface area contributed by atoms with Crippen molar-refractivity contribution < 1.29 is 9.53 Å². The number of amides is 1. The molecule has 30 heavy (non-hydrogen) atoms. The summed E-state index contributed by atoms with van der Waals surface area (Å²) in [4.78, 5) is 15.4. The van der Waals surface area contributed by atoms with Gasteiger partial charge >= 0.3 is 0 Å². The topological polar surface area (TPSA) is 41.6 Å². The molecule has 154 valence electrons. The standard InChI is InChI=1S/C25H25BrN2O2/c1-25(2,3)16-12-14-17(15-13-16)28-23(19-9-7-10-20(26)22(19)30-4)27-21-11-6-5-8-18(21)24(28)29/h5-15,23,27H,1-4H3. The second-order valence-corrected chi connectivity index (χ2v) is 9.28. The summed E-state index contributed by atoms with van der Waals surface area (Å²) >= 11 is 3.57. The minimum atomic E-state index is -0.402. The monoisotopic (exact) mass is 464 g/mol. The van der Waals surface area contributed by atoms with E-state index < -0.39 is 6.17 Å². The first kappa shape index (κ1) is 20.5. The predicted molar refractivity (Wildman–Crippen MR) is 125 cm³/mol. The van der Waals surface area contributed by atoms with Gasteiger partial charge in [-0.2, -0.15) is 0 Å². The molecule has 3 aromatic carbocycles. The lowest BCUT2D eigenvalue weighted by Crippen LogP contribution is -2.43. The van der Waals surface area contributed by atoms with Crippen LogP contribution in [0.1, 0.15) is 48.4 Å². The number of methoxy groups -OCH3 is 1. The van der Waals surface area contributed by atoms with Gasteiger partial charge in [-0.05, 0) is 57.2 Å². The van der Waals surface area contributed by atoms with Crippen molar-refractivity contribution in [2.75, 3.05) is 17.3 Å². The number of carbonyl (C=O) groups excluding carboxylic acids is 1. The fourth-order valence-corrected chi connectivity index (χ4v) is 4.36. The van der Waals surface area contributed by atoms with Gasteiger partial charge in [0.2, 0.25) is 0 Å². The van der Waals surface area contributed by atoms with Crippen molar-refractivity contribution in [2.45, 2.75) is 32.4 Å². The zero-order valence-corrected chi connectivity index (χ0v) is 19.2. The van der Waals surface area contributed by atoms with Gasteiger partial charge in [0.25, 0.3) is 5.91 Å². The van der Waals surface area contributed by atoms with E-state index in [9.17, 15) is 4.79 Å². The van der Waals surface area contributed by atoms with Gasteiger partial charge in [0.05, 0.1) is 17.1 Å². The lowest BCUT2D eigenvalue weighted by molar-refractivity contribution is 0.0974. The molecule has 1 N–H and O–H groups in total. The molecule has 0 saturated heterocycles. The third-order valence-corrected chi connectivity index (χ3v) is 6.06. The highest BCUT2D eigenvalue weighted by Gasteiger charge is 2.36. The molecule has 0 spiro atoms. The normalized spacial score (nSPS) is 16.1. The quantitative estimate of drug-likeness (QED) is 0.479. The Morgan fingerprint density at radius 2 is 1.67 bits per heavy atom. The van der Waals surface area contributed by atoms with Crippen molar-refractivity contribution >= 4 is 33.2 Å². The Morgan fingerprint density at radius 3 is 2.33 bits per heavy atom. The number of nitrogens with one attached hydrogen (secondary N) is 1. The molecule has 0 bridgehead atoms. The molecule has 3 aromatic rings. The van der Waals surface area contributed by atoms with Crippen LogP contribution in [0.4, 0.5) is 11.4 Å². The zero-order chi connectivity index (χ0) is 21.5. The largest absolute Gasteiger partial charge is 0.495 e. The number of rotatable bonds is 3. The molecule has 1 heterocycles. The van der Waals surface area contributed by atoms with Crippen molar-refractivity contribution in [1.82, 2.24) is 0 Å². The second kappa shape index (κ2) is 7.80. The molecule has 1 unspecified atom stereocenters. The van der Waals surface area contributed by atoms with Crippen LogP contribution in [-0.2, 0) is 5.41 Å². The summed E-state index contributed by atoms with van der Waals surface area (Å²) in [6.07, 6.45) is -0.402. The molecule has 1 amide bonds. The maximum absolute atomic E-state index is 13.6.